The van der Waals surface area contributed by atoms with Gasteiger partial charge >= 0.3 is 0 Å². The minimum Gasteiger partial charge on any atom is -0.314 e. The zero-order valence-electron chi connectivity index (χ0n) is 8.71. The minimum absolute atomic E-state index is 0.867. The van der Waals surface area contributed by atoms with E-state index in [4.69, 9.17) is 0 Å². The molecule has 76 valence electrons. The summed E-state index contributed by atoms with van der Waals surface area (Å²) in [6, 6.07) is 11.6. The van der Waals surface area contributed by atoms with Crippen LogP contribution in [0.1, 0.15) is 31.2 Å². The van der Waals surface area contributed by atoms with E-state index in [2.05, 4.69) is 35.6 Å². The number of benzene rings is 1. The van der Waals surface area contributed by atoms with Gasteiger partial charge in [-0.25, -0.2) is 0 Å². The van der Waals surface area contributed by atoms with E-state index < -0.39 is 0 Å². The lowest BCUT2D eigenvalue weighted by atomic mass is 10.1. The van der Waals surface area contributed by atoms with Crippen LogP contribution in [0.3, 0.4) is 0 Å². The van der Waals surface area contributed by atoms with E-state index in [1.54, 1.807) is 0 Å². The van der Waals surface area contributed by atoms with E-state index >= 15 is 0 Å². The Bertz CT molecular complexity index is 251. The number of aryl methyl sites for hydroxylation is 1. The second-order valence-corrected chi connectivity index (χ2v) is 4.17. The van der Waals surface area contributed by atoms with E-state index in [9.17, 15) is 0 Å². The highest BCUT2D eigenvalue weighted by atomic mass is 14.9. The van der Waals surface area contributed by atoms with Crippen LogP contribution in [0.5, 0.6) is 0 Å². The highest BCUT2D eigenvalue weighted by molar-refractivity contribution is 5.14. The first-order valence-electron chi connectivity index (χ1n) is 5.72. The molecular weight excluding hydrogens is 170 g/mol. The maximum Gasteiger partial charge on any atom is 0.00682 e. The molecule has 0 heterocycles. The van der Waals surface area contributed by atoms with Crippen molar-refractivity contribution in [1.82, 2.24) is 5.32 Å². The first kappa shape index (κ1) is 9.72. The normalized spacial score (nSPS) is 15.7. The molecule has 1 heteroatoms. The van der Waals surface area contributed by atoms with Crippen molar-refractivity contribution < 1.29 is 0 Å². The second-order valence-electron chi connectivity index (χ2n) is 4.17. The van der Waals surface area contributed by atoms with Crippen molar-refractivity contribution in [2.45, 2.75) is 38.1 Å². The highest BCUT2D eigenvalue weighted by Gasteiger charge is 2.19. The molecule has 1 aromatic rings. The molecule has 2 rings (SSSR count). The minimum atomic E-state index is 0.867. The third-order valence-electron chi connectivity index (χ3n) is 2.75. The van der Waals surface area contributed by atoms with Gasteiger partial charge in [0.05, 0.1) is 0 Å². The average molecular weight is 189 g/mol. The van der Waals surface area contributed by atoms with Gasteiger partial charge in [-0.2, -0.15) is 0 Å². The largest absolute Gasteiger partial charge is 0.314 e. The molecule has 14 heavy (non-hydrogen) atoms. The van der Waals surface area contributed by atoms with E-state index in [0.29, 0.717) is 0 Å². The van der Waals surface area contributed by atoms with Crippen LogP contribution in [0.4, 0.5) is 0 Å². The standard InChI is InChI=1S/C13H19N/c1-2-6-12(7-3-1)8-4-5-11-14-13-9-10-13/h1-3,6-7,13-14H,4-5,8-11H2. The van der Waals surface area contributed by atoms with Gasteiger partial charge in [-0.05, 0) is 44.2 Å². The van der Waals surface area contributed by atoms with Crippen LogP contribution >= 0.6 is 0 Å². The van der Waals surface area contributed by atoms with E-state index in [1.165, 1.54) is 44.2 Å². The number of rotatable bonds is 6. The van der Waals surface area contributed by atoms with E-state index in [-0.39, 0.29) is 0 Å². The zero-order valence-corrected chi connectivity index (χ0v) is 8.71. The smallest absolute Gasteiger partial charge is 0.00682 e. The van der Waals surface area contributed by atoms with Gasteiger partial charge in [-0.1, -0.05) is 30.3 Å². The Hall–Kier alpha value is -0.820. The van der Waals surface area contributed by atoms with E-state index in [1.807, 2.05) is 0 Å². The van der Waals surface area contributed by atoms with Gasteiger partial charge < -0.3 is 5.32 Å². The van der Waals surface area contributed by atoms with Crippen LogP contribution in [-0.4, -0.2) is 12.6 Å². The number of nitrogens with one attached hydrogen (secondary N) is 1. The van der Waals surface area contributed by atoms with Gasteiger partial charge in [-0.15, -0.1) is 0 Å². The fourth-order valence-electron chi connectivity index (χ4n) is 1.69. The van der Waals surface area contributed by atoms with Gasteiger partial charge in [-0.3, -0.25) is 0 Å². The molecule has 1 aromatic carbocycles. The van der Waals surface area contributed by atoms with Gasteiger partial charge in [0.25, 0.3) is 0 Å². The molecule has 1 nitrogen and oxygen atoms in total. The van der Waals surface area contributed by atoms with Crippen molar-refractivity contribution in [3.8, 4) is 0 Å². The lowest BCUT2D eigenvalue weighted by molar-refractivity contribution is 0.620. The van der Waals surface area contributed by atoms with Crippen molar-refractivity contribution in [3.05, 3.63) is 35.9 Å². The summed E-state index contributed by atoms with van der Waals surface area (Å²) >= 11 is 0. The predicted molar refractivity (Wildman–Crippen MR) is 60.4 cm³/mol. The summed E-state index contributed by atoms with van der Waals surface area (Å²) in [6.45, 7) is 1.21. The van der Waals surface area contributed by atoms with Crippen molar-refractivity contribution in [2.24, 2.45) is 0 Å². The van der Waals surface area contributed by atoms with Crippen LogP contribution in [0.25, 0.3) is 0 Å². The first-order valence-corrected chi connectivity index (χ1v) is 5.72. The number of hydrogen-bond donors (Lipinski definition) is 1. The molecule has 1 saturated carbocycles. The van der Waals surface area contributed by atoms with Crippen LogP contribution < -0.4 is 5.32 Å². The highest BCUT2D eigenvalue weighted by Crippen LogP contribution is 2.18. The summed E-state index contributed by atoms with van der Waals surface area (Å²) in [6.07, 6.45) is 6.65. The summed E-state index contributed by atoms with van der Waals surface area (Å²) < 4.78 is 0. The predicted octanol–water partition coefficient (Wildman–Crippen LogP) is 2.76. The van der Waals surface area contributed by atoms with Crippen molar-refractivity contribution in [2.75, 3.05) is 6.54 Å². The summed E-state index contributed by atoms with van der Waals surface area (Å²) in [7, 11) is 0. The maximum absolute atomic E-state index is 3.54. The van der Waals surface area contributed by atoms with Crippen LogP contribution in [0.15, 0.2) is 30.3 Å². The SMILES string of the molecule is c1ccc(CCCCNC2CC2)cc1. The third-order valence-corrected chi connectivity index (χ3v) is 2.75. The topological polar surface area (TPSA) is 12.0 Å². The molecule has 0 spiro atoms. The molecule has 1 aliphatic rings. The monoisotopic (exact) mass is 189 g/mol. The van der Waals surface area contributed by atoms with Gasteiger partial charge in [0.1, 0.15) is 0 Å². The van der Waals surface area contributed by atoms with E-state index in [0.717, 1.165) is 6.04 Å². The quantitative estimate of drug-likeness (QED) is 0.678. The fourth-order valence-corrected chi connectivity index (χ4v) is 1.69. The van der Waals surface area contributed by atoms with Crippen molar-refractivity contribution in [3.63, 3.8) is 0 Å². The molecule has 0 aliphatic heterocycles. The summed E-state index contributed by atoms with van der Waals surface area (Å²) in [5, 5.41) is 3.54. The Morgan fingerprint density at radius 3 is 2.57 bits per heavy atom. The van der Waals surface area contributed by atoms with Crippen LogP contribution in [0.2, 0.25) is 0 Å². The lowest BCUT2D eigenvalue weighted by Gasteiger charge is -2.02. The second kappa shape index (κ2) is 5.16. The third kappa shape index (κ3) is 3.51. The first-order chi connectivity index (χ1) is 6.95. The average Bonchev–Trinajstić information content (AvgIpc) is 3.03. The van der Waals surface area contributed by atoms with Crippen LogP contribution in [-0.2, 0) is 6.42 Å². The fraction of sp³-hybridized carbons (Fsp3) is 0.538. The molecule has 0 saturated heterocycles. The Kier molecular flexibility index (Phi) is 3.58. The van der Waals surface area contributed by atoms with Gasteiger partial charge in [0.15, 0.2) is 0 Å². The van der Waals surface area contributed by atoms with Crippen LogP contribution in [0, 0.1) is 0 Å². The summed E-state index contributed by atoms with van der Waals surface area (Å²) in [5.41, 5.74) is 1.47. The van der Waals surface area contributed by atoms with Crippen molar-refractivity contribution >= 4 is 0 Å². The Labute approximate surface area is 86.5 Å². The molecule has 0 bridgehead atoms. The van der Waals surface area contributed by atoms with Gasteiger partial charge in [0.2, 0.25) is 0 Å². The maximum atomic E-state index is 3.54. The summed E-state index contributed by atoms with van der Waals surface area (Å²) in [5.74, 6) is 0. The number of hydrogen-bond acceptors (Lipinski definition) is 1. The molecule has 0 aromatic heterocycles. The summed E-state index contributed by atoms with van der Waals surface area (Å²) in [4.78, 5) is 0. The molecule has 0 radical (unpaired) electrons. The molecule has 1 N–H and O–H groups in total. The molecule has 1 fully saturated rings. The number of unbranched alkanes of at least 4 members (excludes halogenated alkanes) is 1. The molecular formula is C13H19N. The zero-order chi connectivity index (χ0) is 9.64. The molecule has 1 aliphatic carbocycles. The molecule has 0 unspecified atom stereocenters. The van der Waals surface area contributed by atoms with Gasteiger partial charge in [0, 0.05) is 6.04 Å². The Balaban J connectivity index is 1.54. The molecule has 0 amide bonds. The Morgan fingerprint density at radius 2 is 1.86 bits per heavy atom. The van der Waals surface area contributed by atoms with Crippen molar-refractivity contribution in [1.29, 1.82) is 0 Å². The Morgan fingerprint density at radius 1 is 1.07 bits per heavy atom. The lowest BCUT2D eigenvalue weighted by Crippen LogP contribution is -2.17. The molecule has 0 atom stereocenters.